The molecule has 3 aromatic rings. The maximum Gasteiger partial charge on any atom is 0.303 e. The number of carboxylic acid groups (broad SMARTS) is 1. The molecular formula is C31H35NO7S. The van der Waals surface area contributed by atoms with Crippen molar-refractivity contribution >= 4 is 23.6 Å². The number of carbonyl (C=O) groups is 2. The number of rotatable bonds is 13. The van der Waals surface area contributed by atoms with Gasteiger partial charge in [-0.3, -0.25) is 9.59 Å². The molecule has 212 valence electrons. The van der Waals surface area contributed by atoms with E-state index in [1.165, 1.54) is 0 Å². The fourth-order valence-corrected chi connectivity index (χ4v) is 5.35. The normalized spacial score (nSPS) is 18.8. The van der Waals surface area contributed by atoms with Crippen LogP contribution < -0.4 is 5.32 Å². The molecule has 1 fully saturated rings. The Morgan fingerprint density at radius 3 is 2.33 bits per heavy atom. The number of nitrogens with one attached hydrogen (secondary N) is 1. The van der Waals surface area contributed by atoms with Crippen LogP contribution in [0.15, 0.2) is 72.8 Å². The predicted molar refractivity (Wildman–Crippen MR) is 153 cm³/mol. The van der Waals surface area contributed by atoms with Gasteiger partial charge in [-0.25, -0.2) is 0 Å². The Bertz CT molecular complexity index is 1250. The first-order chi connectivity index (χ1) is 19.5. The number of thioether (sulfide) groups is 1. The van der Waals surface area contributed by atoms with Crippen molar-refractivity contribution < 1.29 is 34.4 Å². The Kier molecular flexibility index (Phi) is 11.1. The van der Waals surface area contributed by atoms with Crippen LogP contribution in [0.2, 0.25) is 0 Å². The minimum absolute atomic E-state index is 0.00939. The molecule has 1 amide bonds. The van der Waals surface area contributed by atoms with Crippen molar-refractivity contribution in [3.63, 3.8) is 0 Å². The number of ether oxygens (including phenoxy) is 2. The molecule has 3 atom stereocenters. The van der Waals surface area contributed by atoms with Crippen molar-refractivity contribution in [2.24, 2.45) is 0 Å². The first-order valence-electron chi connectivity index (χ1n) is 13.3. The quantitative estimate of drug-likeness (QED) is 0.222. The van der Waals surface area contributed by atoms with Gasteiger partial charge in [0, 0.05) is 36.5 Å². The second kappa shape index (κ2) is 15.0. The van der Waals surface area contributed by atoms with Crippen LogP contribution in [0.1, 0.15) is 53.9 Å². The summed E-state index contributed by atoms with van der Waals surface area (Å²) < 4.78 is 12.7. The monoisotopic (exact) mass is 565 g/mol. The number of benzene rings is 3. The number of carbonyl (C=O) groups excluding carboxylic acids is 1. The molecule has 1 saturated heterocycles. The third kappa shape index (κ3) is 8.39. The summed E-state index contributed by atoms with van der Waals surface area (Å²) in [5, 5.41) is 30.2. The molecule has 8 nitrogen and oxygen atoms in total. The van der Waals surface area contributed by atoms with Crippen LogP contribution in [0.5, 0.6) is 0 Å². The maximum absolute atomic E-state index is 12.0. The minimum atomic E-state index is -0.997. The van der Waals surface area contributed by atoms with Gasteiger partial charge >= 0.3 is 5.97 Å². The predicted octanol–water partition coefficient (Wildman–Crippen LogP) is 4.60. The van der Waals surface area contributed by atoms with Crippen LogP contribution in [-0.2, 0) is 32.2 Å². The second-order valence-electron chi connectivity index (χ2n) is 9.60. The zero-order valence-corrected chi connectivity index (χ0v) is 23.0. The van der Waals surface area contributed by atoms with Crippen molar-refractivity contribution in [2.45, 2.75) is 50.9 Å². The Hall–Kier alpha value is -3.21. The van der Waals surface area contributed by atoms with Crippen molar-refractivity contribution in [1.29, 1.82) is 0 Å². The molecule has 0 aromatic heterocycles. The molecule has 0 spiro atoms. The number of aliphatic hydroxyl groups is 2. The van der Waals surface area contributed by atoms with Gasteiger partial charge in [0.15, 0.2) is 6.29 Å². The molecule has 3 aromatic carbocycles. The number of hydrogen-bond acceptors (Lipinski definition) is 7. The smallest absolute Gasteiger partial charge is 0.303 e. The van der Waals surface area contributed by atoms with Gasteiger partial charge in [-0.15, -0.1) is 0 Å². The Morgan fingerprint density at radius 1 is 0.900 bits per heavy atom. The second-order valence-corrected chi connectivity index (χ2v) is 10.7. The van der Waals surface area contributed by atoms with Gasteiger partial charge in [0.2, 0.25) is 5.91 Å². The van der Waals surface area contributed by atoms with Crippen LogP contribution in [-0.4, -0.2) is 51.4 Å². The van der Waals surface area contributed by atoms with Crippen LogP contribution in [0.4, 0.5) is 0 Å². The zero-order valence-electron chi connectivity index (χ0n) is 22.2. The summed E-state index contributed by atoms with van der Waals surface area (Å²) in [6.07, 6.45) is -0.347. The third-order valence-corrected chi connectivity index (χ3v) is 7.79. The maximum atomic E-state index is 12.0. The lowest BCUT2D eigenvalue weighted by molar-refractivity contribution is -0.245. The molecule has 4 N–H and O–H groups in total. The lowest BCUT2D eigenvalue weighted by Gasteiger charge is -2.36. The minimum Gasteiger partial charge on any atom is -0.481 e. The summed E-state index contributed by atoms with van der Waals surface area (Å²) >= 11 is 1.65. The molecule has 9 heteroatoms. The molecule has 0 bridgehead atoms. The van der Waals surface area contributed by atoms with E-state index in [2.05, 4.69) is 5.32 Å². The van der Waals surface area contributed by atoms with E-state index in [4.69, 9.17) is 14.6 Å². The van der Waals surface area contributed by atoms with E-state index in [0.717, 1.165) is 39.1 Å². The fourth-order valence-electron chi connectivity index (χ4n) is 4.58. The van der Waals surface area contributed by atoms with Crippen LogP contribution >= 0.6 is 11.8 Å². The molecule has 0 radical (unpaired) electrons. The summed E-state index contributed by atoms with van der Waals surface area (Å²) in [5.41, 5.74) is 5.63. The molecule has 0 saturated carbocycles. The third-order valence-electron chi connectivity index (χ3n) is 6.71. The van der Waals surface area contributed by atoms with E-state index >= 15 is 0 Å². The lowest BCUT2D eigenvalue weighted by Crippen LogP contribution is -2.31. The largest absolute Gasteiger partial charge is 0.481 e. The Balaban J connectivity index is 1.48. The van der Waals surface area contributed by atoms with Gasteiger partial charge in [0.05, 0.1) is 31.8 Å². The van der Waals surface area contributed by atoms with Crippen LogP contribution in [0, 0.1) is 0 Å². The van der Waals surface area contributed by atoms with Gasteiger partial charge in [-0.05, 0) is 27.8 Å². The summed E-state index contributed by atoms with van der Waals surface area (Å²) in [5.74, 6) is 0.0964. The number of carboxylic acids is 1. The zero-order chi connectivity index (χ0) is 28.3. The molecule has 1 aliphatic heterocycles. The van der Waals surface area contributed by atoms with Crippen molar-refractivity contribution in [3.05, 3.63) is 95.1 Å². The highest BCUT2D eigenvalue weighted by atomic mass is 32.2. The van der Waals surface area contributed by atoms with Crippen molar-refractivity contribution in [2.75, 3.05) is 18.1 Å². The molecule has 1 heterocycles. The first kappa shape index (κ1) is 29.8. The van der Waals surface area contributed by atoms with E-state index in [0.29, 0.717) is 18.7 Å². The van der Waals surface area contributed by atoms with Gasteiger partial charge in [-0.1, -0.05) is 72.8 Å². The summed E-state index contributed by atoms with van der Waals surface area (Å²) in [7, 11) is 0. The van der Waals surface area contributed by atoms with E-state index in [1.54, 1.807) is 11.8 Å². The number of amides is 1. The highest BCUT2D eigenvalue weighted by Crippen LogP contribution is 2.39. The summed E-state index contributed by atoms with van der Waals surface area (Å²) in [6.45, 7) is 0.415. The summed E-state index contributed by atoms with van der Waals surface area (Å²) in [6, 6.07) is 23.5. The van der Waals surface area contributed by atoms with Crippen molar-refractivity contribution in [3.8, 4) is 11.1 Å². The topological polar surface area (TPSA) is 125 Å². The average Bonchev–Trinajstić information content (AvgIpc) is 2.99. The van der Waals surface area contributed by atoms with E-state index in [1.807, 2.05) is 72.8 Å². The molecule has 0 aliphatic carbocycles. The SMILES string of the molecule is O=C(O)CCC(=O)NCc1ccccc1-c1ccc(C2OC(CSCCO)CC(c3ccc(CO)cc3)O2)cc1. The molecule has 40 heavy (non-hydrogen) atoms. The molecule has 1 aliphatic rings. The molecule has 3 unspecified atom stereocenters. The van der Waals surface area contributed by atoms with E-state index < -0.39 is 12.3 Å². The summed E-state index contributed by atoms with van der Waals surface area (Å²) in [4.78, 5) is 22.8. The number of aliphatic hydroxyl groups excluding tert-OH is 2. The van der Waals surface area contributed by atoms with Gasteiger partial charge in [0.1, 0.15) is 0 Å². The first-order valence-corrected chi connectivity index (χ1v) is 14.5. The van der Waals surface area contributed by atoms with E-state index in [9.17, 15) is 19.8 Å². The van der Waals surface area contributed by atoms with Crippen molar-refractivity contribution in [1.82, 2.24) is 5.32 Å². The number of hydrogen-bond donors (Lipinski definition) is 4. The average molecular weight is 566 g/mol. The molecular weight excluding hydrogens is 530 g/mol. The van der Waals surface area contributed by atoms with Crippen LogP contribution in [0.3, 0.4) is 0 Å². The van der Waals surface area contributed by atoms with Gasteiger partial charge in [0.25, 0.3) is 0 Å². The van der Waals surface area contributed by atoms with E-state index in [-0.39, 0.29) is 44.2 Å². The Labute approximate surface area is 238 Å². The standard InChI is InChI=1S/C31H35NO7S/c33-15-16-40-20-26-17-28(23-7-5-21(19-34)6-8-23)39-31(38-26)24-11-9-22(10-12-24)27-4-2-1-3-25(27)18-32-29(35)13-14-30(36)37/h1-12,26,28,31,33-34H,13-20H2,(H,32,35)(H,36,37). The highest BCUT2D eigenvalue weighted by molar-refractivity contribution is 7.99. The van der Waals surface area contributed by atoms with Gasteiger partial charge in [-0.2, -0.15) is 11.8 Å². The van der Waals surface area contributed by atoms with Gasteiger partial charge < -0.3 is 30.1 Å². The molecule has 4 rings (SSSR count). The fraction of sp³-hybridized carbons (Fsp3) is 0.355. The van der Waals surface area contributed by atoms with Crippen LogP contribution in [0.25, 0.3) is 11.1 Å². The Morgan fingerprint density at radius 2 is 1.62 bits per heavy atom. The highest BCUT2D eigenvalue weighted by Gasteiger charge is 2.32. The lowest BCUT2D eigenvalue weighted by atomic mass is 9.97. The number of aliphatic carboxylic acids is 1.